The van der Waals surface area contributed by atoms with Crippen LogP contribution in [0.25, 0.3) is 0 Å². The maximum atomic E-state index is 12.5. The predicted molar refractivity (Wildman–Crippen MR) is 76.7 cm³/mol. The molecule has 0 aliphatic carbocycles. The third-order valence-electron chi connectivity index (χ3n) is 3.11. The summed E-state index contributed by atoms with van der Waals surface area (Å²) in [6, 6.07) is 5.77. The number of rotatable bonds is 5. The fourth-order valence-corrected chi connectivity index (χ4v) is 2.36. The SMILES string of the molecule is CCNC(Cc1ccc(C(F)(F)F)cc1)CC(C)(C)C. The standard InChI is InChI=1S/C16H24F3N/c1-5-20-14(11-15(2,3)4)10-12-6-8-13(9-7-12)16(17,18)19/h6-9,14,20H,5,10-11H2,1-4H3. The first kappa shape index (κ1) is 17.0. The van der Waals surface area contributed by atoms with Gasteiger partial charge in [-0.1, -0.05) is 39.8 Å². The molecule has 0 saturated carbocycles. The Morgan fingerprint density at radius 2 is 1.60 bits per heavy atom. The molecule has 1 nitrogen and oxygen atoms in total. The minimum atomic E-state index is -4.26. The maximum Gasteiger partial charge on any atom is 0.416 e. The molecule has 0 fully saturated rings. The largest absolute Gasteiger partial charge is 0.416 e. The van der Waals surface area contributed by atoms with E-state index in [-0.39, 0.29) is 11.5 Å². The van der Waals surface area contributed by atoms with Crippen LogP contribution in [0.2, 0.25) is 0 Å². The Balaban J connectivity index is 2.74. The molecule has 0 saturated heterocycles. The molecule has 0 heterocycles. The molecule has 0 aromatic heterocycles. The zero-order valence-electron chi connectivity index (χ0n) is 12.6. The van der Waals surface area contributed by atoms with Gasteiger partial charge in [-0.3, -0.25) is 0 Å². The monoisotopic (exact) mass is 287 g/mol. The number of likely N-dealkylation sites (N-methyl/N-ethyl adjacent to an activating group) is 1. The third-order valence-corrected chi connectivity index (χ3v) is 3.11. The Morgan fingerprint density at radius 1 is 1.05 bits per heavy atom. The Morgan fingerprint density at radius 3 is 2.00 bits per heavy atom. The minimum absolute atomic E-state index is 0.193. The van der Waals surface area contributed by atoms with Crippen molar-refractivity contribution in [3.05, 3.63) is 35.4 Å². The molecule has 1 N–H and O–H groups in total. The fraction of sp³-hybridized carbons (Fsp3) is 0.625. The van der Waals surface area contributed by atoms with Crippen molar-refractivity contribution in [1.29, 1.82) is 0 Å². The Bertz CT molecular complexity index is 401. The highest BCUT2D eigenvalue weighted by molar-refractivity contribution is 5.25. The fourth-order valence-electron chi connectivity index (χ4n) is 2.36. The van der Waals surface area contributed by atoms with E-state index >= 15 is 0 Å². The van der Waals surface area contributed by atoms with Gasteiger partial charge in [0.15, 0.2) is 0 Å². The van der Waals surface area contributed by atoms with Crippen molar-refractivity contribution < 1.29 is 13.2 Å². The van der Waals surface area contributed by atoms with Crippen LogP contribution in [0, 0.1) is 5.41 Å². The summed E-state index contributed by atoms with van der Waals surface area (Å²) in [5.41, 5.74) is 0.545. The Hall–Kier alpha value is -1.03. The lowest BCUT2D eigenvalue weighted by atomic mass is 9.86. The lowest BCUT2D eigenvalue weighted by Gasteiger charge is -2.26. The van der Waals surface area contributed by atoms with Gasteiger partial charge in [0, 0.05) is 6.04 Å². The van der Waals surface area contributed by atoms with Crippen molar-refractivity contribution in [2.24, 2.45) is 5.41 Å². The zero-order valence-corrected chi connectivity index (χ0v) is 12.6. The second kappa shape index (κ2) is 6.61. The highest BCUT2D eigenvalue weighted by Crippen LogP contribution is 2.29. The third kappa shape index (κ3) is 5.95. The van der Waals surface area contributed by atoms with E-state index in [4.69, 9.17) is 0 Å². The van der Waals surface area contributed by atoms with Gasteiger partial charge in [-0.25, -0.2) is 0 Å². The lowest BCUT2D eigenvalue weighted by molar-refractivity contribution is -0.137. The van der Waals surface area contributed by atoms with Gasteiger partial charge in [-0.05, 0) is 42.5 Å². The molecular formula is C16H24F3N. The van der Waals surface area contributed by atoms with Gasteiger partial charge in [0.1, 0.15) is 0 Å². The normalized spacial score (nSPS) is 14.3. The van der Waals surface area contributed by atoms with Crippen molar-refractivity contribution in [2.75, 3.05) is 6.54 Å². The lowest BCUT2D eigenvalue weighted by Crippen LogP contribution is -2.34. The van der Waals surface area contributed by atoms with E-state index in [2.05, 4.69) is 26.1 Å². The molecule has 1 unspecified atom stereocenters. The predicted octanol–water partition coefficient (Wildman–Crippen LogP) is 4.66. The topological polar surface area (TPSA) is 12.0 Å². The number of alkyl halides is 3. The van der Waals surface area contributed by atoms with Crippen LogP contribution >= 0.6 is 0 Å². The average Bonchev–Trinajstić information content (AvgIpc) is 2.26. The molecule has 1 aromatic rings. The van der Waals surface area contributed by atoms with Crippen LogP contribution in [0.4, 0.5) is 13.2 Å². The van der Waals surface area contributed by atoms with Gasteiger partial charge in [0.2, 0.25) is 0 Å². The summed E-state index contributed by atoms with van der Waals surface area (Å²) in [4.78, 5) is 0. The second-order valence-corrected chi connectivity index (χ2v) is 6.42. The number of hydrogen-bond acceptors (Lipinski definition) is 1. The Kier molecular flexibility index (Phi) is 5.63. The van der Waals surface area contributed by atoms with Crippen LogP contribution in [0.1, 0.15) is 45.2 Å². The molecule has 0 radical (unpaired) electrons. The first-order valence-corrected chi connectivity index (χ1v) is 7.01. The van der Waals surface area contributed by atoms with Crippen molar-refractivity contribution in [1.82, 2.24) is 5.32 Å². The summed E-state index contributed by atoms with van der Waals surface area (Å²) in [6.45, 7) is 9.42. The van der Waals surface area contributed by atoms with Gasteiger partial charge in [0.25, 0.3) is 0 Å². The summed E-state index contributed by atoms with van der Waals surface area (Å²) < 4.78 is 37.5. The van der Waals surface area contributed by atoms with E-state index in [1.165, 1.54) is 0 Å². The van der Waals surface area contributed by atoms with Crippen LogP contribution in [-0.2, 0) is 12.6 Å². The number of nitrogens with one attached hydrogen (secondary N) is 1. The first-order chi connectivity index (χ1) is 9.12. The molecule has 0 spiro atoms. The molecular weight excluding hydrogens is 263 g/mol. The average molecular weight is 287 g/mol. The molecule has 20 heavy (non-hydrogen) atoms. The number of hydrogen-bond donors (Lipinski definition) is 1. The van der Waals surface area contributed by atoms with E-state index in [1.54, 1.807) is 12.1 Å². The minimum Gasteiger partial charge on any atom is -0.314 e. The van der Waals surface area contributed by atoms with E-state index in [0.717, 1.165) is 37.1 Å². The van der Waals surface area contributed by atoms with E-state index in [1.807, 2.05) is 6.92 Å². The molecule has 0 bridgehead atoms. The van der Waals surface area contributed by atoms with Gasteiger partial charge in [0.05, 0.1) is 5.56 Å². The van der Waals surface area contributed by atoms with Gasteiger partial charge in [-0.2, -0.15) is 13.2 Å². The Labute approximate surface area is 119 Å². The van der Waals surface area contributed by atoms with Gasteiger partial charge < -0.3 is 5.32 Å². The summed E-state index contributed by atoms with van der Waals surface area (Å²) >= 11 is 0. The highest BCUT2D eigenvalue weighted by atomic mass is 19.4. The molecule has 0 aliphatic heterocycles. The summed E-state index contributed by atoms with van der Waals surface area (Å²) in [7, 11) is 0. The summed E-state index contributed by atoms with van der Waals surface area (Å²) in [5.74, 6) is 0. The number of halogens is 3. The quantitative estimate of drug-likeness (QED) is 0.830. The maximum absolute atomic E-state index is 12.5. The molecule has 0 amide bonds. The van der Waals surface area contributed by atoms with Crippen molar-refractivity contribution >= 4 is 0 Å². The van der Waals surface area contributed by atoms with Crippen molar-refractivity contribution in [3.63, 3.8) is 0 Å². The molecule has 114 valence electrons. The molecule has 4 heteroatoms. The van der Waals surface area contributed by atoms with E-state index in [9.17, 15) is 13.2 Å². The van der Waals surface area contributed by atoms with Crippen LogP contribution in [0.3, 0.4) is 0 Å². The summed E-state index contributed by atoms with van der Waals surface area (Å²) in [6.07, 6.45) is -2.52. The molecule has 1 aromatic carbocycles. The van der Waals surface area contributed by atoms with Gasteiger partial charge >= 0.3 is 6.18 Å². The highest BCUT2D eigenvalue weighted by Gasteiger charge is 2.30. The van der Waals surface area contributed by atoms with E-state index in [0.29, 0.717) is 0 Å². The van der Waals surface area contributed by atoms with E-state index < -0.39 is 11.7 Å². The second-order valence-electron chi connectivity index (χ2n) is 6.42. The molecule has 1 rings (SSSR count). The van der Waals surface area contributed by atoms with Crippen LogP contribution in [0.5, 0.6) is 0 Å². The summed E-state index contributed by atoms with van der Waals surface area (Å²) in [5, 5.41) is 3.41. The van der Waals surface area contributed by atoms with Gasteiger partial charge in [-0.15, -0.1) is 0 Å². The van der Waals surface area contributed by atoms with Crippen LogP contribution in [-0.4, -0.2) is 12.6 Å². The molecule has 1 atom stereocenters. The van der Waals surface area contributed by atoms with Crippen LogP contribution in [0.15, 0.2) is 24.3 Å². The van der Waals surface area contributed by atoms with Crippen molar-refractivity contribution in [2.45, 2.75) is 52.8 Å². The zero-order chi connectivity index (χ0) is 15.4. The number of benzene rings is 1. The van der Waals surface area contributed by atoms with Crippen LogP contribution < -0.4 is 5.32 Å². The first-order valence-electron chi connectivity index (χ1n) is 7.01. The van der Waals surface area contributed by atoms with Crippen molar-refractivity contribution in [3.8, 4) is 0 Å². The molecule has 0 aliphatic rings. The smallest absolute Gasteiger partial charge is 0.314 e.